The Morgan fingerprint density at radius 1 is 1.19 bits per heavy atom. The Balaban J connectivity index is 2.42. The molecule has 0 radical (unpaired) electrons. The number of rotatable bonds is 5. The lowest BCUT2D eigenvalue weighted by Crippen LogP contribution is -2.49. The van der Waals surface area contributed by atoms with Crippen molar-refractivity contribution >= 4 is 18.0 Å². The van der Waals surface area contributed by atoms with Crippen molar-refractivity contribution in [2.75, 3.05) is 0 Å². The SMILES string of the molecule is C=Cc1cccc([C@](C)(O)[C@](C)(O)C=C2C(=O)OC(C)(CC)OC2=O)c1. The van der Waals surface area contributed by atoms with Crippen LogP contribution in [0.1, 0.15) is 45.2 Å². The molecule has 6 nitrogen and oxygen atoms in total. The molecule has 6 heteroatoms. The molecule has 0 unspecified atom stereocenters. The molecule has 1 fully saturated rings. The highest BCUT2D eigenvalue weighted by molar-refractivity contribution is 6.15. The zero-order valence-electron chi connectivity index (χ0n) is 15.4. The molecule has 1 aromatic carbocycles. The third-order valence-corrected chi connectivity index (χ3v) is 4.79. The van der Waals surface area contributed by atoms with Crippen molar-refractivity contribution in [1.82, 2.24) is 0 Å². The third kappa shape index (κ3) is 3.57. The van der Waals surface area contributed by atoms with Crippen molar-refractivity contribution in [2.24, 2.45) is 0 Å². The highest BCUT2D eigenvalue weighted by Crippen LogP contribution is 2.36. The van der Waals surface area contributed by atoms with Gasteiger partial charge < -0.3 is 19.7 Å². The van der Waals surface area contributed by atoms with Gasteiger partial charge in [-0.15, -0.1) is 0 Å². The maximum atomic E-state index is 12.2. The number of esters is 2. The summed E-state index contributed by atoms with van der Waals surface area (Å²) in [5.41, 5.74) is -3.07. The molecule has 1 aromatic rings. The molecule has 0 aliphatic carbocycles. The van der Waals surface area contributed by atoms with E-state index in [0.29, 0.717) is 12.0 Å². The number of aliphatic hydroxyl groups is 2. The van der Waals surface area contributed by atoms with Crippen molar-refractivity contribution in [3.63, 3.8) is 0 Å². The van der Waals surface area contributed by atoms with E-state index in [0.717, 1.165) is 11.6 Å². The molecule has 2 N–H and O–H groups in total. The van der Waals surface area contributed by atoms with Gasteiger partial charge in [0.25, 0.3) is 5.79 Å². The van der Waals surface area contributed by atoms with E-state index >= 15 is 0 Å². The Morgan fingerprint density at radius 3 is 2.27 bits per heavy atom. The Kier molecular flexibility index (Phi) is 5.12. The normalized spacial score (nSPS) is 24.8. The first-order valence-corrected chi connectivity index (χ1v) is 8.33. The summed E-state index contributed by atoms with van der Waals surface area (Å²) in [6, 6.07) is 6.79. The average Bonchev–Trinajstić information content (AvgIpc) is 2.58. The molecule has 1 heterocycles. The van der Waals surface area contributed by atoms with Gasteiger partial charge >= 0.3 is 11.9 Å². The lowest BCUT2D eigenvalue weighted by Gasteiger charge is -2.38. The first-order chi connectivity index (χ1) is 12.0. The summed E-state index contributed by atoms with van der Waals surface area (Å²) in [4.78, 5) is 24.4. The molecular weight excluding hydrogens is 336 g/mol. The van der Waals surface area contributed by atoms with Crippen LogP contribution in [0, 0.1) is 0 Å². The van der Waals surface area contributed by atoms with Gasteiger partial charge in [-0.2, -0.15) is 0 Å². The Hall–Kier alpha value is -2.44. The number of hydrogen-bond acceptors (Lipinski definition) is 6. The molecule has 1 aliphatic heterocycles. The molecule has 26 heavy (non-hydrogen) atoms. The first-order valence-electron chi connectivity index (χ1n) is 8.33. The molecule has 2 rings (SSSR count). The van der Waals surface area contributed by atoms with Crippen molar-refractivity contribution in [2.45, 2.75) is 51.1 Å². The van der Waals surface area contributed by atoms with Crippen LogP contribution in [0.3, 0.4) is 0 Å². The zero-order valence-corrected chi connectivity index (χ0v) is 15.4. The lowest BCUT2D eigenvalue weighted by atomic mass is 9.78. The molecule has 0 amide bonds. The molecule has 2 atom stereocenters. The maximum absolute atomic E-state index is 12.2. The van der Waals surface area contributed by atoms with Gasteiger partial charge in [-0.25, -0.2) is 9.59 Å². The summed E-state index contributed by atoms with van der Waals surface area (Å²) in [7, 11) is 0. The number of carbonyl (C=O) groups excluding carboxylic acids is 2. The number of cyclic esters (lactones) is 2. The van der Waals surface area contributed by atoms with Crippen LogP contribution >= 0.6 is 0 Å². The van der Waals surface area contributed by atoms with Gasteiger partial charge in [0.1, 0.15) is 16.8 Å². The number of carbonyl (C=O) groups is 2. The van der Waals surface area contributed by atoms with Gasteiger partial charge in [0.15, 0.2) is 0 Å². The maximum Gasteiger partial charge on any atom is 0.348 e. The van der Waals surface area contributed by atoms with Crippen molar-refractivity contribution in [3.05, 3.63) is 53.6 Å². The Bertz CT molecular complexity index is 752. The predicted octanol–water partition coefficient (Wildman–Crippen LogP) is 2.44. The monoisotopic (exact) mass is 360 g/mol. The van der Waals surface area contributed by atoms with Gasteiger partial charge in [-0.1, -0.05) is 37.8 Å². The highest BCUT2D eigenvalue weighted by Gasteiger charge is 2.47. The summed E-state index contributed by atoms with van der Waals surface area (Å²) in [6.07, 6.45) is 2.88. The number of hydrogen-bond donors (Lipinski definition) is 2. The van der Waals surface area contributed by atoms with E-state index < -0.39 is 34.5 Å². The predicted molar refractivity (Wildman–Crippen MR) is 95.7 cm³/mol. The van der Waals surface area contributed by atoms with Crippen LogP contribution in [0.2, 0.25) is 0 Å². The van der Waals surface area contributed by atoms with Gasteiger partial charge in [0, 0.05) is 13.3 Å². The fraction of sp³-hybridized carbons (Fsp3) is 0.400. The third-order valence-electron chi connectivity index (χ3n) is 4.79. The van der Waals surface area contributed by atoms with Crippen molar-refractivity contribution in [1.29, 1.82) is 0 Å². The van der Waals surface area contributed by atoms with Crippen LogP contribution in [-0.2, 0) is 24.7 Å². The second-order valence-corrected chi connectivity index (χ2v) is 6.87. The van der Waals surface area contributed by atoms with E-state index in [1.807, 2.05) is 0 Å². The summed E-state index contributed by atoms with van der Waals surface area (Å²) in [5.74, 6) is -3.14. The molecule has 140 valence electrons. The van der Waals surface area contributed by atoms with Crippen LogP contribution in [-0.4, -0.2) is 33.5 Å². The van der Waals surface area contributed by atoms with Gasteiger partial charge in [-0.3, -0.25) is 0 Å². The zero-order chi connectivity index (χ0) is 19.8. The van der Waals surface area contributed by atoms with E-state index in [-0.39, 0.29) is 0 Å². The Labute approximate surface area is 152 Å². The highest BCUT2D eigenvalue weighted by atomic mass is 16.7. The fourth-order valence-electron chi connectivity index (χ4n) is 2.55. The largest absolute Gasteiger partial charge is 0.419 e. The van der Waals surface area contributed by atoms with E-state index in [1.165, 1.54) is 20.8 Å². The summed E-state index contributed by atoms with van der Waals surface area (Å²) in [6.45, 7) is 9.56. The van der Waals surface area contributed by atoms with E-state index in [1.54, 1.807) is 37.3 Å². The first kappa shape index (κ1) is 19.9. The molecular formula is C20H24O6. The topological polar surface area (TPSA) is 93.1 Å². The van der Waals surface area contributed by atoms with Crippen molar-refractivity contribution < 1.29 is 29.3 Å². The molecule has 0 aromatic heterocycles. The second-order valence-electron chi connectivity index (χ2n) is 6.87. The van der Waals surface area contributed by atoms with Crippen molar-refractivity contribution in [3.8, 4) is 0 Å². The van der Waals surface area contributed by atoms with Crippen LogP contribution < -0.4 is 0 Å². The number of ether oxygens (including phenoxy) is 2. The average molecular weight is 360 g/mol. The minimum absolute atomic E-state index is 0.292. The van der Waals surface area contributed by atoms with Crippen LogP contribution in [0.25, 0.3) is 6.08 Å². The summed E-state index contributed by atoms with van der Waals surface area (Å²) in [5, 5.41) is 21.8. The smallest absolute Gasteiger partial charge is 0.348 e. The van der Waals surface area contributed by atoms with Gasteiger partial charge in [0.05, 0.1) is 0 Å². The van der Waals surface area contributed by atoms with E-state index in [2.05, 4.69) is 6.58 Å². The quantitative estimate of drug-likeness (QED) is 0.476. The molecule has 1 aliphatic rings. The summed E-state index contributed by atoms with van der Waals surface area (Å²) < 4.78 is 10.3. The molecule has 1 saturated heterocycles. The lowest BCUT2D eigenvalue weighted by molar-refractivity contribution is -0.230. The molecule has 0 bridgehead atoms. The van der Waals surface area contributed by atoms with Gasteiger partial charge in [-0.05, 0) is 37.1 Å². The Morgan fingerprint density at radius 2 is 1.77 bits per heavy atom. The van der Waals surface area contributed by atoms with Crippen LogP contribution in [0.15, 0.2) is 42.5 Å². The standard InChI is InChI=1S/C20H24O6/c1-6-13-9-8-10-14(11-13)20(5,24)18(3,23)12-15-16(21)25-19(4,7-2)26-17(15)22/h6,8-12,23-24H,1,7H2,2-5H3/t18-,19?,20+/m1/s1. The van der Waals surface area contributed by atoms with Crippen LogP contribution in [0.5, 0.6) is 0 Å². The van der Waals surface area contributed by atoms with E-state index in [4.69, 9.17) is 9.47 Å². The molecule has 0 spiro atoms. The second kappa shape index (κ2) is 6.70. The fourth-order valence-corrected chi connectivity index (χ4v) is 2.55. The minimum Gasteiger partial charge on any atom is -0.419 e. The van der Waals surface area contributed by atoms with E-state index in [9.17, 15) is 19.8 Å². The van der Waals surface area contributed by atoms with Crippen LogP contribution in [0.4, 0.5) is 0 Å². The minimum atomic E-state index is -1.96. The molecule has 0 saturated carbocycles. The number of benzene rings is 1. The summed E-state index contributed by atoms with van der Waals surface area (Å²) >= 11 is 0. The van der Waals surface area contributed by atoms with Gasteiger partial charge in [0.2, 0.25) is 0 Å².